The molecule has 1 N–H and O–H groups in total. The first-order chi connectivity index (χ1) is 14.0. The standard InChI is InChI=1S/C21H20ClN3O4/c22-17-8-4-1-5-13(17)12-23-18-10-9-14(11-19(18)25(28)29)24-20(26)15-6-2-3-7-16(15)21(24)27/h1,4-5,8-11,15-16,23H,2-3,6-7,12H2/t15-,16-/m0/s1. The lowest BCUT2D eigenvalue weighted by Crippen LogP contribution is -2.30. The first-order valence-electron chi connectivity index (χ1n) is 9.61. The molecule has 2 amide bonds. The summed E-state index contributed by atoms with van der Waals surface area (Å²) in [7, 11) is 0. The summed E-state index contributed by atoms with van der Waals surface area (Å²) < 4.78 is 0. The fraction of sp³-hybridized carbons (Fsp3) is 0.333. The third kappa shape index (κ3) is 3.58. The van der Waals surface area contributed by atoms with E-state index in [1.54, 1.807) is 12.1 Å². The number of nitrogens with zero attached hydrogens (tertiary/aromatic N) is 2. The Hall–Kier alpha value is -2.93. The molecule has 1 aliphatic heterocycles. The van der Waals surface area contributed by atoms with Gasteiger partial charge in [0, 0.05) is 17.6 Å². The maximum Gasteiger partial charge on any atom is 0.294 e. The molecule has 29 heavy (non-hydrogen) atoms. The highest BCUT2D eigenvalue weighted by Crippen LogP contribution is 2.41. The molecule has 0 bridgehead atoms. The molecule has 2 aromatic rings. The van der Waals surface area contributed by atoms with Crippen LogP contribution in [-0.2, 0) is 16.1 Å². The Labute approximate surface area is 172 Å². The fourth-order valence-corrected chi connectivity index (χ4v) is 4.41. The molecule has 0 spiro atoms. The Balaban J connectivity index is 1.61. The van der Waals surface area contributed by atoms with Gasteiger partial charge in [-0.1, -0.05) is 42.6 Å². The lowest BCUT2D eigenvalue weighted by atomic mass is 9.81. The smallest absolute Gasteiger partial charge is 0.294 e. The van der Waals surface area contributed by atoms with E-state index in [1.165, 1.54) is 12.1 Å². The Kier molecular flexibility index (Phi) is 5.24. The highest BCUT2D eigenvalue weighted by Gasteiger charge is 2.49. The molecule has 150 valence electrons. The van der Waals surface area contributed by atoms with Crippen LogP contribution in [0.4, 0.5) is 17.1 Å². The molecule has 2 aromatic carbocycles. The zero-order valence-electron chi connectivity index (χ0n) is 15.6. The number of halogens is 1. The summed E-state index contributed by atoms with van der Waals surface area (Å²) >= 11 is 6.14. The predicted molar refractivity (Wildman–Crippen MR) is 110 cm³/mol. The van der Waals surface area contributed by atoms with E-state index in [4.69, 9.17) is 11.6 Å². The van der Waals surface area contributed by atoms with Gasteiger partial charge < -0.3 is 5.32 Å². The van der Waals surface area contributed by atoms with Crippen LogP contribution < -0.4 is 10.2 Å². The van der Waals surface area contributed by atoms with Crippen molar-refractivity contribution in [1.29, 1.82) is 0 Å². The number of benzene rings is 2. The van der Waals surface area contributed by atoms with E-state index >= 15 is 0 Å². The number of nitro benzene ring substituents is 1. The van der Waals surface area contributed by atoms with Crippen molar-refractivity contribution in [3.05, 3.63) is 63.2 Å². The van der Waals surface area contributed by atoms with Crippen LogP contribution in [0.5, 0.6) is 0 Å². The monoisotopic (exact) mass is 413 g/mol. The number of amides is 2. The van der Waals surface area contributed by atoms with Gasteiger partial charge in [-0.3, -0.25) is 19.7 Å². The van der Waals surface area contributed by atoms with Crippen LogP contribution in [-0.4, -0.2) is 16.7 Å². The van der Waals surface area contributed by atoms with Crippen molar-refractivity contribution in [2.24, 2.45) is 11.8 Å². The maximum atomic E-state index is 12.8. The molecule has 7 nitrogen and oxygen atoms in total. The van der Waals surface area contributed by atoms with Gasteiger partial charge in [0.1, 0.15) is 5.69 Å². The number of hydrogen-bond donors (Lipinski definition) is 1. The first kappa shape index (κ1) is 19.4. The number of anilines is 2. The Morgan fingerprint density at radius 1 is 1.07 bits per heavy atom. The largest absolute Gasteiger partial charge is 0.375 e. The molecule has 0 unspecified atom stereocenters. The average Bonchev–Trinajstić information content (AvgIpc) is 2.98. The molecule has 2 fully saturated rings. The Morgan fingerprint density at radius 3 is 2.34 bits per heavy atom. The molecule has 1 saturated carbocycles. The van der Waals surface area contributed by atoms with Crippen LogP contribution >= 0.6 is 11.6 Å². The van der Waals surface area contributed by atoms with Crippen molar-refractivity contribution >= 4 is 40.5 Å². The summed E-state index contributed by atoms with van der Waals surface area (Å²) in [4.78, 5) is 37.8. The first-order valence-corrected chi connectivity index (χ1v) is 9.98. The van der Waals surface area contributed by atoms with Crippen LogP contribution in [0.2, 0.25) is 5.02 Å². The zero-order valence-corrected chi connectivity index (χ0v) is 16.4. The van der Waals surface area contributed by atoms with Gasteiger partial charge in [0.2, 0.25) is 11.8 Å². The van der Waals surface area contributed by atoms with Crippen molar-refractivity contribution in [3.8, 4) is 0 Å². The molecule has 1 heterocycles. The topological polar surface area (TPSA) is 92.6 Å². The minimum absolute atomic E-state index is 0.190. The maximum absolute atomic E-state index is 12.8. The number of carbonyl (C=O) groups excluding carboxylic acids is 2. The summed E-state index contributed by atoms with van der Waals surface area (Å²) in [6, 6.07) is 11.6. The minimum atomic E-state index is -0.517. The molecule has 2 atom stereocenters. The van der Waals surface area contributed by atoms with Crippen molar-refractivity contribution in [3.63, 3.8) is 0 Å². The summed E-state index contributed by atoms with van der Waals surface area (Å²) in [5.74, 6) is -1.08. The van der Waals surface area contributed by atoms with Crippen LogP contribution in [0.25, 0.3) is 0 Å². The average molecular weight is 414 g/mol. The highest BCUT2D eigenvalue weighted by molar-refractivity contribution is 6.31. The molecular weight excluding hydrogens is 394 g/mol. The van der Waals surface area contributed by atoms with E-state index in [-0.39, 0.29) is 35.0 Å². The van der Waals surface area contributed by atoms with E-state index in [1.807, 2.05) is 18.2 Å². The van der Waals surface area contributed by atoms with Crippen molar-refractivity contribution < 1.29 is 14.5 Å². The van der Waals surface area contributed by atoms with Gasteiger partial charge in [0.15, 0.2) is 0 Å². The number of rotatable bonds is 5. The number of hydrogen-bond acceptors (Lipinski definition) is 5. The number of nitrogens with one attached hydrogen (secondary N) is 1. The van der Waals surface area contributed by atoms with Gasteiger partial charge in [-0.25, -0.2) is 4.90 Å². The normalized spacial score (nSPS) is 21.2. The van der Waals surface area contributed by atoms with Gasteiger partial charge in [0.25, 0.3) is 5.69 Å². The summed E-state index contributed by atoms with van der Waals surface area (Å²) in [6.07, 6.45) is 3.26. The van der Waals surface area contributed by atoms with Crippen LogP contribution in [0.1, 0.15) is 31.2 Å². The van der Waals surface area contributed by atoms with Crippen LogP contribution in [0, 0.1) is 22.0 Å². The molecule has 1 aliphatic carbocycles. The van der Waals surface area contributed by atoms with Crippen LogP contribution in [0.15, 0.2) is 42.5 Å². The van der Waals surface area contributed by atoms with E-state index < -0.39 is 4.92 Å². The van der Waals surface area contributed by atoms with E-state index in [0.29, 0.717) is 30.1 Å². The van der Waals surface area contributed by atoms with Crippen molar-refractivity contribution in [2.45, 2.75) is 32.2 Å². The molecule has 2 aliphatic rings. The number of carbonyl (C=O) groups is 2. The lowest BCUT2D eigenvalue weighted by molar-refractivity contribution is -0.383. The van der Waals surface area contributed by atoms with Gasteiger partial charge in [-0.15, -0.1) is 0 Å². The Morgan fingerprint density at radius 2 is 1.72 bits per heavy atom. The van der Waals surface area contributed by atoms with Crippen molar-refractivity contribution in [1.82, 2.24) is 0 Å². The van der Waals surface area contributed by atoms with Crippen molar-refractivity contribution in [2.75, 3.05) is 10.2 Å². The molecular formula is C21H20ClN3O4. The molecule has 0 radical (unpaired) electrons. The summed E-state index contributed by atoms with van der Waals surface area (Å²) in [6.45, 7) is 0.311. The molecule has 0 aromatic heterocycles. The third-order valence-corrected chi connectivity index (χ3v) is 6.07. The second kappa shape index (κ2) is 7.83. The molecule has 1 saturated heterocycles. The number of imide groups is 1. The van der Waals surface area contributed by atoms with Gasteiger partial charge >= 0.3 is 0 Å². The summed E-state index contributed by atoms with van der Waals surface area (Å²) in [5, 5.41) is 15.2. The third-order valence-electron chi connectivity index (χ3n) is 5.70. The number of fused-ring (bicyclic) bond motifs is 1. The predicted octanol–water partition coefficient (Wildman–Crippen LogP) is 4.54. The zero-order chi connectivity index (χ0) is 20.5. The van der Waals surface area contributed by atoms with Gasteiger partial charge in [-0.2, -0.15) is 0 Å². The van der Waals surface area contributed by atoms with E-state index in [0.717, 1.165) is 23.3 Å². The second-order valence-electron chi connectivity index (χ2n) is 7.41. The summed E-state index contributed by atoms with van der Waals surface area (Å²) in [5.41, 5.74) is 1.17. The van der Waals surface area contributed by atoms with E-state index in [9.17, 15) is 19.7 Å². The number of nitro groups is 1. The lowest BCUT2D eigenvalue weighted by Gasteiger charge is -2.19. The molecule has 8 heteroatoms. The highest BCUT2D eigenvalue weighted by atomic mass is 35.5. The van der Waals surface area contributed by atoms with Gasteiger partial charge in [-0.05, 0) is 36.6 Å². The van der Waals surface area contributed by atoms with Gasteiger partial charge in [0.05, 0.1) is 22.4 Å². The molecule has 4 rings (SSSR count). The fourth-order valence-electron chi connectivity index (χ4n) is 4.21. The quantitative estimate of drug-likeness (QED) is 0.441. The van der Waals surface area contributed by atoms with E-state index in [2.05, 4.69) is 5.32 Å². The van der Waals surface area contributed by atoms with Crippen LogP contribution in [0.3, 0.4) is 0 Å². The SMILES string of the molecule is O=C1[C@H]2CCCC[C@@H]2C(=O)N1c1ccc(NCc2ccccc2Cl)c([N+](=O)[O-])c1. The Bertz CT molecular complexity index is 970. The second-order valence-corrected chi connectivity index (χ2v) is 7.82. The minimum Gasteiger partial charge on any atom is -0.375 e.